The minimum Gasteiger partial charge on any atom is -0.481 e. The van der Waals surface area contributed by atoms with Gasteiger partial charge in [-0.05, 0) is 30.5 Å². The lowest BCUT2D eigenvalue weighted by Crippen LogP contribution is -2.36. The number of carboxylic acid groups (broad SMARTS) is 1. The van der Waals surface area contributed by atoms with Gasteiger partial charge in [0.1, 0.15) is 0 Å². The molecule has 2 atom stereocenters. The number of carboxylic acids is 1. The molecule has 0 aromatic heterocycles. The van der Waals surface area contributed by atoms with Crippen LogP contribution >= 0.6 is 0 Å². The van der Waals surface area contributed by atoms with E-state index >= 15 is 0 Å². The third-order valence-electron chi connectivity index (χ3n) is 5.15. The number of carbonyl (C=O) groups is 2. The van der Waals surface area contributed by atoms with Crippen molar-refractivity contribution in [3.05, 3.63) is 29.8 Å². The molecule has 136 valence electrons. The number of rotatable bonds is 5. The molecule has 1 heterocycles. The fourth-order valence-electron chi connectivity index (χ4n) is 3.69. The largest absolute Gasteiger partial charge is 0.481 e. The highest BCUT2D eigenvalue weighted by molar-refractivity contribution is 5.95. The van der Waals surface area contributed by atoms with E-state index in [1.807, 2.05) is 24.3 Å². The van der Waals surface area contributed by atoms with Gasteiger partial charge in [-0.2, -0.15) is 0 Å². The number of hydrogen-bond acceptors (Lipinski definition) is 4. The quantitative estimate of drug-likeness (QED) is 0.856. The molecular formula is C19H26N2O4. The van der Waals surface area contributed by atoms with Crippen LogP contribution in [0.2, 0.25) is 0 Å². The van der Waals surface area contributed by atoms with Crippen LogP contribution in [0.1, 0.15) is 31.2 Å². The molecule has 1 saturated heterocycles. The molecule has 0 bridgehead atoms. The van der Waals surface area contributed by atoms with Crippen LogP contribution in [0.4, 0.5) is 5.69 Å². The maximum absolute atomic E-state index is 12.5. The van der Waals surface area contributed by atoms with Gasteiger partial charge >= 0.3 is 5.97 Å². The van der Waals surface area contributed by atoms with E-state index in [9.17, 15) is 14.7 Å². The van der Waals surface area contributed by atoms with Gasteiger partial charge in [-0.1, -0.05) is 25.0 Å². The van der Waals surface area contributed by atoms with Gasteiger partial charge in [-0.25, -0.2) is 0 Å². The van der Waals surface area contributed by atoms with Crippen molar-refractivity contribution in [1.82, 2.24) is 4.90 Å². The van der Waals surface area contributed by atoms with E-state index in [2.05, 4.69) is 10.2 Å². The molecule has 2 fully saturated rings. The summed E-state index contributed by atoms with van der Waals surface area (Å²) in [5.41, 5.74) is 1.92. The Hall–Kier alpha value is -1.92. The first-order valence-electron chi connectivity index (χ1n) is 9.06. The summed E-state index contributed by atoms with van der Waals surface area (Å²) < 4.78 is 5.35. The van der Waals surface area contributed by atoms with Crippen LogP contribution in [-0.4, -0.2) is 48.2 Å². The van der Waals surface area contributed by atoms with Crippen LogP contribution in [0.15, 0.2) is 24.3 Å². The standard InChI is InChI=1S/C19H26N2O4/c22-18(16-3-1-2-4-17(16)19(23)24)20-15-7-5-14(6-8-15)13-21-9-11-25-12-10-21/h5-8,16-17H,1-4,9-13H2,(H,20,22)(H,23,24). The molecular weight excluding hydrogens is 320 g/mol. The number of morpholine rings is 1. The smallest absolute Gasteiger partial charge is 0.307 e. The number of amides is 1. The molecule has 1 saturated carbocycles. The zero-order chi connectivity index (χ0) is 17.6. The van der Waals surface area contributed by atoms with Gasteiger partial charge in [0.2, 0.25) is 5.91 Å². The number of benzene rings is 1. The summed E-state index contributed by atoms with van der Waals surface area (Å²) in [6.45, 7) is 4.31. The van der Waals surface area contributed by atoms with E-state index in [-0.39, 0.29) is 5.91 Å². The summed E-state index contributed by atoms with van der Waals surface area (Å²) in [6, 6.07) is 7.82. The van der Waals surface area contributed by atoms with Crippen LogP contribution in [-0.2, 0) is 20.9 Å². The van der Waals surface area contributed by atoms with Crippen molar-refractivity contribution in [2.24, 2.45) is 11.8 Å². The monoisotopic (exact) mass is 346 g/mol. The van der Waals surface area contributed by atoms with Gasteiger partial charge in [-0.3, -0.25) is 14.5 Å². The van der Waals surface area contributed by atoms with Gasteiger partial charge in [0.15, 0.2) is 0 Å². The van der Waals surface area contributed by atoms with E-state index in [1.54, 1.807) is 0 Å². The fraction of sp³-hybridized carbons (Fsp3) is 0.579. The molecule has 1 amide bonds. The molecule has 2 N–H and O–H groups in total. The first-order valence-corrected chi connectivity index (χ1v) is 9.06. The summed E-state index contributed by atoms with van der Waals surface area (Å²) in [4.78, 5) is 26.2. The average molecular weight is 346 g/mol. The van der Waals surface area contributed by atoms with Crippen molar-refractivity contribution in [1.29, 1.82) is 0 Å². The van der Waals surface area contributed by atoms with Crippen molar-refractivity contribution in [3.63, 3.8) is 0 Å². The number of ether oxygens (including phenoxy) is 1. The van der Waals surface area contributed by atoms with Crippen molar-refractivity contribution < 1.29 is 19.4 Å². The molecule has 1 aliphatic heterocycles. The first-order chi connectivity index (χ1) is 12.1. The third kappa shape index (κ3) is 4.80. The predicted molar refractivity (Wildman–Crippen MR) is 94.3 cm³/mol. The Morgan fingerprint density at radius 2 is 1.72 bits per heavy atom. The molecule has 1 aliphatic carbocycles. The maximum Gasteiger partial charge on any atom is 0.307 e. The molecule has 0 spiro atoms. The second-order valence-corrected chi connectivity index (χ2v) is 6.91. The number of nitrogens with zero attached hydrogens (tertiary/aromatic N) is 1. The molecule has 6 heteroatoms. The molecule has 3 rings (SSSR count). The van der Waals surface area contributed by atoms with E-state index < -0.39 is 17.8 Å². The van der Waals surface area contributed by atoms with Crippen molar-refractivity contribution >= 4 is 17.6 Å². The van der Waals surface area contributed by atoms with Crippen molar-refractivity contribution in [3.8, 4) is 0 Å². The summed E-state index contributed by atoms with van der Waals surface area (Å²) >= 11 is 0. The van der Waals surface area contributed by atoms with Gasteiger partial charge in [-0.15, -0.1) is 0 Å². The zero-order valence-electron chi connectivity index (χ0n) is 14.4. The van der Waals surface area contributed by atoms with Crippen molar-refractivity contribution in [2.75, 3.05) is 31.6 Å². The van der Waals surface area contributed by atoms with E-state index in [0.717, 1.165) is 51.4 Å². The second-order valence-electron chi connectivity index (χ2n) is 6.91. The van der Waals surface area contributed by atoms with Crippen LogP contribution in [0.3, 0.4) is 0 Å². The Bertz CT molecular complexity index is 596. The highest BCUT2D eigenvalue weighted by atomic mass is 16.5. The molecule has 25 heavy (non-hydrogen) atoms. The topological polar surface area (TPSA) is 78.9 Å². The van der Waals surface area contributed by atoms with Crippen LogP contribution < -0.4 is 5.32 Å². The lowest BCUT2D eigenvalue weighted by Gasteiger charge is -2.27. The Morgan fingerprint density at radius 3 is 2.36 bits per heavy atom. The average Bonchev–Trinajstić information content (AvgIpc) is 2.64. The normalized spacial score (nSPS) is 24.6. The summed E-state index contributed by atoms with van der Waals surface area (Å²) in [7, 11) is 0. The van der Waals surface area contributed by atoms with Gasteiger partial charge in [0.05, 0.1) is 25.0 Å². The summed E-state index contributed by atoms with van der Waals surface area (Å²) in [5, 5.41) is 12.2. The number of hydrogen-bond donors (Lipinski definition) is 2. The Morgan fingerprint density at radius 1 is 1.08 bits per heavy atom. The second kappa shape index (κ2) is 8.45. The molecule has 1 aromatic carbocycles. The van der Waals surface area contributed by atoms with E-state index in [0.29, 0.717) is 12.8 Å². The minimum atomic E-state index is -0.860. The highest BCUT2D eigenvalue weighted by Crippen LogP contribution is 2.31. The SMILES string of the molecule is O=C(O)C1CCCCC1C(=O)Nc1ccc(CN2CCOCC2)cc1. The Balaban J connectivity index is 1.56. The molecule has 2 aliphatic rings. The summed E-state index contributed by atoms with van der Waals surface area (Å²) in [6.07, 6.45) is 3.04. The molecule has 6 nitrogen and oxygen atoms in total. The first kappa shape index (κ1) is 17.9. The lowest BCUT2D eigenvalue weighted by molar-refractivity contribution is -0.147. The molecule has 2 unspecified atom stereocenters. The van der Waals surface area contributed by atoms with Crippen LogP contribution in [0, 0.1) is 11.8 Å². The Labute approximate surface area is 148 Å². The van der Waals surface area contributed by atoms with E-state index in [4.69, 9.17) is 4.74 Å². The minimum absolute atomic E-state index is 0.173. The van der Waals surface area contributed by atoms with Crippen LogP contribution in [0.5, 0.6) is 0 Å². The maximum atomic E-state index is 12.5. The Kier molecular flexibility index (Phi) is 6.04. The summed E-state index contributed by atoms with van der Waals surface area (Å²) in [5.74, 6) is -2.03. The van der Waals surface area contributed by atoms with Gasteiger partial charge < -0.3 is 15.2 Å². The molecule has 1 aromatic rings. The van der Waals surface area contributed by atoms with Crippen molar-refractivity contribution in [2.45, 2.75) is 32.2 Å². The van der Waals surface area contributed by atoms with Crippen LogP contribution in [0.25, 0.3) is 0 Å². The highest BCUT2D eigenvalue weighted by Gasteiger charge is 2.35. The van der Waals surface area contributed by atoms with E-state index in [1.165, 1.54) is 5.56 Å². The van der Waals surface area contributed by atoms with Gasteiger partial charge in [0.25, 0.3) is 0 Å². The van der Waals surface area contributed by atoms with Gasteiger partial charge in [0, 0.05) is 25.3 Å². The lowest BCUT2D eigenvalue weighted by atomic mass is 9.78. The predicted octanol–water partition coefficient (Wildman–Crippen LogP) is 2.35. The molecule has 0 radical (unpaired) electrons. The third-order valence-corrected chi connectivity index (χ3v) is 5.15. The number of carbonyl (C=O) groups excluding carboxylic acids is 1. The zero-order valence-corrected chi connectivity index (χ0v) is 14.4. The number of aliphatic carboxylic acids is 1. The number of anilines is 1. The fourth-order valence-corrected chi connectivity index (χ4v) is 3.69. The number of nitrogens with one attached hydrogen (secondary N) is 1.